The van der Waals surface area contributed by atoms with Crippen LogP contribution in [0.5, 0.6) is 0 Å². The van der Waals surface area contributed by atoms with Gasteiger partial charge in [0.15, 0.2) is 0 Å². The van der Waals surface area contributed by atoms with Crippen molar-refractivity contribution in [3.8, 4) is 0 Å². The van der Waals surface area contributed by atoms with Crippen LogP contribution in [0, 0.1) is 0 Å². The molecule has 2 fully saturated rings. The Hall–Kier alpha value is -1.86. The fraction of sp³-hybridized carbons (Fsp3) is 0.435. The molecule has 0 aromatic heterocycles. The summed E-state index contributed by atoms with van der Waals surface area (Å²) in [5.41, 5.74) is 8.40. The third-order valence-electron chi connectivity index (χ3n) is 6.42. The predicted molar refractivity (Wildman–Crippen MR) is 133 cm³/mol. The highest BCUT2D eigenvalue weighted by atomic mass is 35.5. The lowest BCUT2D eigenvalue weighted by molar-refractivity contribution is 0.181. The lowest BCUT2D eigenvalue weighted by Gasteiger charge is -2.39. The molecule has 2 heterocycles. The van der Waals surface area contributed by atoms with Gasteiger partial charge in [0.25, 0.3) is 0 Å². The number of hydrogen-bond acceptors (Lipinski definition) is 4. The van der Waals surface area contributed by atoms with Gasteiger partial charge in [0.05, 0.1) is 16.8 Å². The topological polar surface area (TPSA) is 64.8 Å². The molecule has 172 valence electrons. The van der Waals surface area contributed by atoms with Crippen molar-refractivity contribution >= 4 is 52.2 Å². The third kappa shape index (κ3) is 5.20. The highest BCUT2D eigenvalue weighted by Crippen LogP contribution is 2.33. The fourth-order valence-corrected chi connectivity index (χ4v) is 5.31. The molecule has 0 radical (unpaired) electrons. The van der Waals surface area contributed by atoms with E-state index in [2.05, 4.69) is 27.2 Å². The molecule has 0 bridgehead atoms. The Morgan fingerprint density at radius 1 is 1.03 bits per heavy atom. The first kappa shape index (κ1) is 23.3. The Balaban J connectivity index is 1.39. The molecule has 0 saturated carbocycles. The van der Waals surface area contributed by atoms with Gasteiger partial charge in [-0.1, -0.05) is 40.9 Å². The summed E-state index contributed by atoms with van der Waals surface area (Å²) < 4.78 is 0. The zero-order valence-electron chi connectivity index (χ0n) is 18.0. The molecule has 32 heavy (non-hydrogen) atoms. The largest absolute Gasteiger partial charge is 0.377 e. The van der Waals surface area contributed by atoms with Gasteiger partial charge in [-0.25, -0.2) is 4.79 Å². The molecule has 0 spiro atoms. The van der Waals surface area contributed by atoms with E-state index in [9.17, 15) is 4.79 Å². The standard InChI is InChI=1S/C23H28Cl3N5O/c1-15(19-4-2-16(24)12-21(19)26)28-22-13-17(3-5-20(22)25)29-8-10-30(11-9-29)18-6-7-31(14-18)23(27)32/h2-5,12-13,15,18,28H,6-11,14H2,1H3,(H2,27,32). The van der Waals surface area contributed by atoms with E-state index < -0.39 is 0 Å². The Morgan fingerprint density at radius 3 is 2.44 bits per heavy atom. The Bertz CT molecular complexity index is 980. The van der Waals surface area contributed by atoms with E-state index in [1.165, 1.54) is 0 Å². The summed E-state index contributed by atoms with van der Waals surface area (Å²) >= 11 is 18.9. The highest BCUT2D eigenvalue weighted by molar-refractivity contribution is 6.35. The molecule has 9 heteroatoms. The van der Waals surface area contributed by atoms with Crippen molar-refractivity contribution in [3.63, 3.8) is 0 Å². The number of hydrogen-bond donors (Lipinski definition) is 2. The van der Waals surface area contributed by atoms with Crippen LogP contribution in [-0.2, 0) is 0 Å². The summed E-state index contributed by atoms with van der Waals surface area (Å²) in [6, 6.07) is 11.7. The molecule has 2 aliphatic rings. The maximum absolute atomic E-state index is 11.4. The van der Waals surface area contributed by atoms with Crippen LogP contribution in [-0.4, -0.2) is 61.1 Å². The zero-order chi connectivity index (χ0) is 22.8. The van der Waals surface area contributed by atoms with E-state index in [0.717, 1.165) is 62.6 Å². The summed E-state index contributed by atoms with van der Waals surface area (Å²) in [4.78, 5) is 18.0. The van der Waals surface area contributed by atoms with Crippen LogP contribution < -0.4 is 16.0 Å². The van der Waals surface area contributed by atoms with Gasteiger partial charge in [-0.2, -0.15) is 0 Å². The summed E-state index contributed by atoms with van der Waals surface area (Å²) in [7, 11) is 0. The Kier molecular flexibility index (Phi) is 7.25. The minimum absolute atomic E-state index is 0.0278. The number of primary amides is 1. The molecule has 2 atom stereocenters. The van der Waals surface area contributed by atoms with Gasteiger partial charge >= 0.3 is 6.03 Å². The first-order valence-electron chi connectivity index (χ1n) is 10.9. The van der Waals surface area contributed by atoms with E-state index in [1.807, 2.05) is 25.1 Å². The van der Waals surface area contributed by atoms with Gasteiger partial charge in [-0.15, -0.1) is 0 Å². The molecule has 2 aromatic carbocycles. The summed E-state index contributed by atoms with van der Waals surface area (Å²) in [5.74, 6) is 0. The number of piperazine rings is 1. The molecule has 4 rings (SSSR count). The Morgan fingerprint density at radius 2 is 1.78 bits per heavy atom. The predicted octanol–water partition coefficient (Wildman–Crippen LogP) is 5.09. The fourth-order valence-electron chi connectivity index (χ4n) is 4.57. The lowest BCUT2D eigenvalue weighted by Crippen LogP contribution is -2.51. The highest BCUT2D eigenvalue weighted by Gasteiger charge is 2.31. The molecule has 2 aliphatic heterocycles. The van der Waals surface area contributed by atoms with Gasteiger partial charge in [0.1, 0.15) is 0 Å². The van der Waals surface area contributed by atoms with Crippen LogP contribution in [0.3, 0.4) is 0 Å². The van der Waals surface area contributed by atoms with Gasteiger partial charge < -0.3 is 20.9 Å². The van der Waals surface area contributed by atoms with Crippen molar-refractivity contribution in [3.05, 3.63) is 57.0 Å². The number of likely N-dealkylation sites (tertiary alicyclic amines) is 1. The smallest absolute Gasteiger partial charge is 0.314 e. The van der Waals surface area contributed by atoms with Crippen LogP contribution in [0.15, 0.2) is 36.4 Å². The number of halogens is 3. The minimum Gasteiger partial charge on any atom is -0.377 e. The second kappa shape index (κ2) is 9.96. The van der Waals surface area contributed by atoms with Crippen molar-refractivity contribution in [1.29, 1.82) is 0 Å². The van der Waals surface area contributed by atoms with Crippen molar-refractivity contribution in [2.75, 3.05) is 49.5 Å². The first-order valence-corrected chi connectivity index (χ1v) is 12.0. The number of carbonyl (C=O) groups excluding carboxylic acids is 1. The monoisotopic (exact) mass is 495 g/mol. The number of amides is 2. The van der Waals surface area contributed by atoms with E-state index in [0.29, 0.717) is 21.1 Å². The maximum Gasteiger partial charge on any atom is 0.314 e. The van der Waals surface area contributed by atoms with Crippen LogP contribution in [0.25, 0.3) is 0 Å². The quantitative estimate of drug-likeness (QED) is 0.605. The number of rotatable bonds is 5. The number of carbonyl (C=O) groups is 1. The van der Waals surface area contributed by atoms with Crippen molar-refractivity contribution in [2.45, 2.75) is 25.4 Å². The summed E-state index contributed by atoms with van der Waals surface area (Å²) in [6.45, 7) is 7.30. The molecule has 6 nitrogen and oxygen atoms in total. The third-order valence-corrected chi connectivity index (χ3v) is 7.31. The molecule has 2 amide bonds. The van der Waals surface area contributed by atoms with Crippen LogP contribution in [0.4, 0.5) is 16.2 Å². The van der Waals surface area contributed by atoms with E-state index >= 15 is 0 Å². The van der Waals surface area contributed by atoms with Crippen molar-refractivity contribution in [2.24, 2.45) is 5.73 Å². The van der Waals surface area contributed by atoms with Crippen molar-refractivity contribution in [1.82, 2.24) is 9.80 Å². The second-order valence-electron chi connectivity index (χ2n) is 8.45. The van der Waals surface area contributed by atoms with Crippen LogP contribution >= 0.6 is 34.8 Å². The second-order valence-corrected chi connectivity index (χ2v) is 9.70. The number of nitrogens with zero attached hydrogens (tertiary/aromatic N) is 3. The molecule has 0 aliphatic carbocycles. The maximum atomic E-state index is 11.4. The summed E-state index contributed by atoms with van der Waals surface area (Å²) in [5, 5.41) is 5.40. The SMILES string of the molecule is CC(Nc1cc(N2CCN(C3CCN(C(N)=O)C3)CC2)ccc1Cl)c1ccc(Cl)cc1Cl. The van der Waals surface area contributed by atoms with Crippen LogP contribution in [0.1, 0.15) is 24.9 Å². The number of anilines is 2. The van der Waals surface area contributed by atoms with E-state index in [1.54, 1.807) is 11.0 Å². The number of nitrogens with two attached hydrogens (primary N) is 1. The lowest BCUT2D eigenvalue weighted by atomic mass is 10.1. The van der Waals surface area contributed by atoms with Gasteiger partial charge in [0, 0.05) is 61.0 Å². The number of nitrogens with one attached hydrogen (secondary N) is 1. The van der Waals surface area contributed by atoms with Gasteiger partial charge in [0.2, 0.25) is 0 Å². The molecule has 2 unspecified atom stereocenters. The minimum atomic E-state index is -0.318. The average molecular weight is 497 g/mol. The number of benzene rings is 2. The number of urea groups is 1. The zero-order valence-corrected chi connectivity index (χ0v) is 20.3. The average Bonchev–Trinajstić information content (AvgIpc) is 3.26. The Labute approximate surface area is 204 Å². The van der Waals surface area contributed by atoms with Gasteiger partial charge in [-0.3, -0.25) is 4.90 Å². The first-order chi connectivity index (χ1) is 15.3. The van der Waals surface area contributed by atoms with Gasteiger partial charge in [-0.05, 0) is 49.2 Å². The van der Waals surface area contributed by atoms with E-state index in [4.69, 9.17) is 40.5 Å². The molecule has 2 saturated heterocycles. The molecular formula is C23H28Cl3N5O. The van der Waals surface area contributed by atoms with Crippen LogP contribution in [0.2, 0.25) is 15.1 Å². The van der Waals surface area contributed by atoms with E-state index in [-0.39, 0.29) is 12.1 Å². The summed E-state index contributed by atoms with van der Waals surface area (Å²) in [6.07, 6.45) is 0.989. The molecular weight excluding hydrogens is 469 g/mol. The normalized spacial score (nSPS) is 20.4. The van der Waals surface area contributed by atoms with Crippen molar-refractivity contribution < 1.29 is 4.79 Å². The molecule has 2 aromatic rings. The molecule has 3 N–H and O–H groups in total.